The van der Waals surface area contributed by atoms with Crippen LogP contribution in [0.1, 0.15) is 5.56 Å². The van der Waals surface area contributed by atoms with Crippen molar-refractivity contribution < 1.29 is 9.47 Å². The van der Waals surface area contributed by atoms with Crippen molar-refractivity contribution in [1.29, 1.82) is 0 Å². The minimum Gasteiger partial charge on any atom is -0.491 e. The summed E-state index contributed by atoms with van der Waals surface area (Å²) in [5.74, 6) is 1.20. The molecule has 0 atom stereocenters. The Hall–Kier alpha value is -1.25. The number of hydrogen-bond acceptors (Lipinski definition) is 3. The molecule has 0 radical (unpaired) electrons. The predicted molar refractivity (Wildman–Crippen MR) is 42.1 cm³/mol. The molecule has 0 N–H and O–H groups in total. The normalized spacial score (nSPS) is 9.36. The molecule has 60 valence electrons. The van der Waals surface area contributed by atoms with Crippen molar-refractivity contribution in [3.8, 4) is 11.6 Å². The lowest BCUT2D eigenvalue weighted by Gasteiger charge is -2.05. The van der Waals surface area contributed by atoms with Crippen LogP contribution in [0.15, 0.2) is 12.3 Å². The first-order chi connectivity index (χ1) is 5.27. The number of ether oxygens (including phenoxy) is 2. The first-order valence-corrected chi connectivity index (χ1v) is 3.32. The van der Waals surface area contributed by atoms with Crippen LogP contribution in [0.3, 0.4) is 0 Å². The molecule has 3 heteroatoms. The minimum absolute atomic E-state index is 0.526. The fraction of sp³-hybridized carbons (Fsp3) is 0.375. The van der Waals surface area contributed by atoms with Crippen LogP contribution in [0.5, 0.6) is 11.6 Å². The Morgan fingerprint density at radius 1 is 1.27 bits per heavy atom. The third kappa shape index (κ3) is 1.61. The molecule has 0 amide bonds. The van der Waals surface area contributed by atoms with Crippen molar-refractivity contribution in [2.24, 2.45) is 0 Å². The van der Waals surface area contributed by atoms with Crippen LogP contribution in [0.4, 0.5) is 0 Å². The third-order valence-electron chi connectivity index (χ3n) is 1.37. The Balaban J connectivity index is 3.06. The van der Waals surface area contributed by atoms with Gasteiger partial charge in [0.25, 0.3) is 5.88 Å². The number of hydrogen-bond donors (Lipinski definition) is 0. The molecule has 0 fully saturated rings. The van der Waals surface area contributed by atoms with Gasteiger partial charge in [0.1, 0.15) is 0 Å². The summed E-state index contributed by atoms with van der Waals surface area (Å²) in [5, 5.41) is 0. The molecule has 0 spiro atoms. The van der Waals surface area contributed by atoms with Crippen LogP contribution in [0, 0.1) is 6.92 Å². The van der Waals surface area contributed by atoms with Gasteiger partial charge in [-0.3, -0.25) is 0 Å². The SMILES string of the molecule is COc1cc(C)cnc1OC. The van der Waals surface area contributed by atoms with E-state index in [0.717, 1.165) is 5.56 Å². The molecule has 1 aromatic rings. The number of methoxy groups -OCH3 is 2. The van der Waals surface area contributed by atoms with Crippen LogP contribution in [0.25, 0.3) is 0 Å². The van der Waals surface area contributed by atoms with Crippen LogP contribution < -0.4 is 9.47 Å². The fourth-order valence-electron chi connectivity index (χ4n) is 0.829. The first kappa shape index (κ1) is 7.85. The highest BCUT2D eigenvalue weighted by Crippen LogP contribution is 2.23. The summed E-state index contributed by atoms with van der Waals surface area (Å²) in [6, 6.07) is 1.88. The van der Waals surface area contributed by atoms with E-state index >= 15 is 0 Å². The van der Waals surface area contributed by atoms with Gasteiger partial charge in [0.2, 0.25) is 0 Å². The molecule has 0 saturated carbocycles. The van der Waals surface area contributed by atoms with Crippen LogP contribution in [-0.2, 0) is 0 Å². The summed E-state index contributed by atoms with van der Waals surface area (Å²) in [7, 11) is 3.17. The van der Waals surface area contributed by atoms with Crippen molar-refractivity contribution >= 4 is 0 Å². The molecule has 1 rings (SSSR count). The second-order valence-corrected chi connectivity index (χ2v) is 2.22. The number of aryl methyl sites for hydroxylation is 1. The monoisotopic (exact) mass is 153 g/mol. The zero-order valence-electron chi connectivity index (χ0n) is 6.92. The van der Waals surface area contributed by atoms with Crippen molar-refractivity contribution in [2.45, 2.75) is 6.92 Å². The lowest BCUT2D eigenvalue weighted by atomic mass is 10.3. The second kappa shape index (κ2) is 3.23. The van der Waals surface area contributed by atoms with E-state index in [1.807, 2.05) is 13.0 Å². The van der Waals surface area contributed by atoms with E-state index in [9.17, 15) is 0 Å². The van der Waals surface area contributed by atoms with Crippen LogP contribution in [0.2, 0.25) is 0 Å². The van der Waals surface area contributed by atoms with E-state index in [-0.39, 0.29) is 0 Å². The molecule has 0 saturated heterocycles. The Morgan fingerprint density at radius 3 is 2.55 bits per heavy atom. The molecule has 11 heavy (non-hydrogen) atoms. The highest BCUT2D eigenvalue weighted by atomic mass is 16.5. The zero-order valence-corrected chi connectivity index (χ0v) is 6.92. The van der Waals surface area contributed by atoms with E-state index in [1.165, 1.54) is 0 Å². The maximum atomic E-state index is 5.03. The fourth-order valence-corrected chi connectivity index (χ4v) is 0.829. The second-order valence-electron chi connectivity index (χ2n) is 2.22. The van der Waals surface area contributed by atoms with Gasteiger partial charge in [-0.15, -0.1) is 0 Å². The standard InChI is InChI=1S/C8H11NO2/c1-6-4-7(10-2)8(11-3)9-5-6/h4-5H,1-3H3. The Labute approximate surface area is 66.0 Å². The van der Waals surface area contributed by atoms with Crippen LogP contribution >= 0.6 is 0 Å². The van der Waals surface area contributed by atoms with Gasteiger partial charge in [0, 0.05) is 6.20 Å². The summed E-state index contributed by atoms with van der Waals surface area (Å²) < 4.78 is 9.98. The number of aromatic nitrogens is 1. The predicted octanol–water partition coefficient (Wildman–Crippen LogP) is 1.41. The average Bonchev–Trinajstić information content (AvgIpc) is 2.04. The molecule has 0 unspecified atom stereocenters. The Kier molecular flexibility index (Phi) is 2.31. The molecule has 0 aliphatic heterocycles. The van der Waals surface area contributed by atoms with E-state index in [1.54, 1.807) is 20.4 Å². The largest absolute Gasteiger partial charge is 0.491 e. The number of pyridine rings is 1. The molecule has 1 aromatic heterocycles. The minimum atomic E-state index is 0.526. The quantitative estimate of drug-likeness (QED) is 0.643. The summed E-state index contributed by atoms with van der Waals surface area (Å²) in [6.07, 6.45) is 1.74. The lowest BCUT2D eigenvalue weighted by Crippen LogP contribution is -1.93. The molecule has 0 bridgehead atoms. The van der Waals surface area contributed by atoms with Crippen molar-refractivity contribution in [3.63, 3.8) is 0 Å². The molecular formula is C8H11NO2. The van der Waals surface area contributed by atoms with Crippen LogP contribution in [-0.4, -0.2) is 19.2 Å². The smallest absolute Gasteiger partial charge is 0.256 e. The summed E-state index contributed by atoms with van der Waals surface area (Å²) in [5.41, 5.74) is 1.06. The number of nitrogens with zero attached hydrogens (tertiary/aromatic N) is 1. The van der Waals surface area contributed by atoms with Gasteiger partial charge in [0.15, 0.2) is 5.75 Å². The van der Waals surface area contributed by atoms with E-state index in [4.69, 9.17) is 9.47 Å². The molecule has 0 aliphatic carbocycles. The van der Waals surface area contributed by atoms with Gasteiger partial charge < -0.3 is 9.47 Å². The van der Waals surface area contributed by atoms with Gasteiger partial charge in [-0.2, -0.15) is 0 Å². The molecule has 0 aromatic carbocycles. The lowest BCUT2D eigenvalue weighted by molar-refractivity contribution is 0.342. The average molecular weight is 153 g/mol. The maximum Gasteiger partial charge on any atom is 0.256 e. The van der Waals surface area contributed by atoms with Gasteiger partial charge >= 0.3 is 0 Å². The molecule has 1 heterocycles. The third-order valence-corrected chi connectivity index (χ3v) is 1.37. The van der Waals surface area contributed by atoms with Gasteiger partial charge in [-0.1, -0.05) is 0 Å². The summed E-state index contributed by atoms with van der Waals surface area (Å²) in [4.78, 5) is 4.02. The van der Waals surface area contributed by atoms with Gasteiger partial charge in [-0.05, 0) is 18.6 Å². The number of rotatable bonds is 2. The highest BCUT2D eigenvalue weighted by Gasteiger charge is 2.02. The summed E-state index contributed by atoms with van der Waals surface area (Å²) >= 11 is 0. The Bertz CT molecular complexity index is 248. The van der Waals surface area contributed by atoms with E-state index in [0.29, 0.717) is 11.6 Å². The first-order valence-electron chi connectivity index (χ1n) is 3.32. The molecule has 3 nitrogen and oxygen atoms in total. The molecular weight excluding hydrogens is 142 g/mol. The molecule has 0 aliphatic rings. The van der Waals surface area contributed by atoms with Crippen molar-refractivity contribution in [1.82, 2.24) is 4.98 Å². The maximum absolute atomic E-state index is 5.03. The van der Waals surface area contributed by atoms with E-state index < -0.39 is 0 Å². The van der Waals surface area contributed by atoms with E-state index in [2.05, 4.69) is 4.98 Å². The van der Waals surface area contributed by atoms with Gasteiger partial charge in [-0.25, -0.2) is 4.98 Å². The topological polar surface area (TPSA) is 31.4 Å². The van der Waals surface area contributed by atoms with Crippen molar-refractivity contribution in [3.05, 3.63) is 17.8 Å². The zero-order chi connectivity index (χ0) is 8.27. The highest BCUT2D eigenvalue weighted by molar-refractivity contribution is 5.35. The van der Waals surface area contributed by atoms with Gasteiger partial charge in [0.05, 0.1) is 14.2 Å². The summed E-state index contributed by atoms with van der Waals surface area (Å²) in [6.45, 7) is 1.95. The van der Waals surface area contributed by atoms with Crippen molar-refractivity contribution in [2.75, 3.05) is 14.2 Å². The Morgan fingerprint density at radius 2 is 2.00 bits per heavy atom.